The Labute approximate surface area is 190 Å². The molecule has 0 atom stereocenters. The fourth-order valence-corrected chi connectivity index (χ4v) is 3.44. The molecule has 3 rings (SSSR count). The van der Waals surface area contributed by atoms with E-state index in [4.69, 9.17) is 33.0 Å². The van der Waals surface area contributed by atoms with Gasteiger partial charge in [-0.05, 0) is 61.5 Å². The van der Waals surface area contributed by atoms with Gasteiger partial charge in [0.2, 0.25) is 0 Å². The highest BCUT2D eigenvalue weighted by Crippen LogP contribution is 2.24. The molecule has 0 aliphatic carbocycles. The van der Waals surface area contributed by atoms with E-state index >= 15 is 0 Å². The second-order valence-electron chi connectivity index (χ2n) is 6.68. The van der Waals surface area contributed by atoms with Gasteiger partial charge in [-0.15, -0.1) is 0 Å². The van der Waals surface area contributed by atoms with E-state index in [0.717, 1.165) is 16.9 Å². The number of nitrogens with one attached hydrogen (secondary N) is 3. The van der Waals surface area contributed by atoms with Crippen LogP contribution in [0.15, 0.2) is 52.2 Å². The lowest BCUT2D eigenvalue weighted by molar-refractivity contribution is 0.0524. The molecule has 9 heteroatoms. The molecule has 0 fully saturated rings. The number of halogens is 1. The van der Waals surface area contributed by atoms with E-state index < -0.39 is 0 Å². The van der Waals surface area contributed by atoms with Gasteiger partial charge in [-0.1, -0.05) is 23.7 Å². The van der Waals surface area contributed by atoms with Crippen LogP contribution in [0, 0.1) is 6.92 Å². The highest BCUT2D eigenvalue weighted by atomic mass is 35.5. The van der Waals surface area contributed by atoms with Gasteiger partial charge < -0.3 is 19.5 Å². The summed E-state index contributed by atoms with van der Waals surface area (Å²) in [6, 6.07) is 11.2. The molecule has 2 aromatic heterocycles. The molecule has 1 aromatic carbocycles. The van der Waals surface area contributed by atoms with Gasteiger partial charge in [0.15, 0.2) is 5.11 Å². The molecule has 0 saturated heterocycles. The largest absolute Gasteiger partial charge is 0.467 e. The smallest absolute Gasteiger partial charge is 0.340 e. The first kappa shape index (κ1) is 22.6. The molecule has 3 aromatic rings. The first-order valence-electron chi connectivity index (χ1n) is 9.70. The molecular formula is C22H23ClN4O3S. The van der Waals surface area contributed by atoms with E-state index in [1.165, 1.54) is 0 Å². The number of benzene rings is 1. The minimum Gasteiger partial charge on any atom is -0.467 e. The summed E-state index contributed by atoms with van der Waals surface area (Å²) < 4.78 is 10.5. The third-order valence-corrected chi connectivity index (χ3v) is 4.91. The number of ether oxygens (including phenoxy) is 1. The SMILES string of the molecule is CCOC(=O)c1c(C)[nH]c(/C=N\NC(=S)NCc2ccco2)c1Cc1cccc(Cl)c1. The van der Waals surface area contributed by atoms with Crippen LogP contribution in [-0.2, 0) is 17.7 Å². The van der Waals surface area contributed by atoms with Crippen LogP contribution in [0.2, 0.25) is 5.02 Å². The third-order valence-electron chi connectivity index (χ3n) is 4.44. The van der Waals surface area contributed by atoms with E-state index in [-0.39, 0.29) is 5.97 Å². The lowest BCUT2D eigenvalue weighted by Gasteiger charge is -2.07. The first-order chi connectivity index (χ1) is 15.0. The summed E-state index contributed by atoms with van der Waals surface area (Å²) in [5, 5.41) is 8.18. The molecule has 0 aliphatic rings. The maximum Gasteiger partial charge on any atom is 0.340 e. The number of carbonyl (C=O) groups is 1. The predicted molar refractivity (Wildman–Crippen MR) is 125 cm³/mol. The minimum atomic E-state index is -0.378. The van der Waals surface area contributed by atoms with Crippen LogP contribution in [0.1, 0.15) is 45.6 Å². The molecule has 31 heavy (non-hydrogen) atoms. The van der Waals surface area contributed by atoms with Crippen molar-refractivity contribution in [3.63, 3.8) is 0 Å². The van der Waals surface area contributed by atoms with Crippen LogP contribution < -0.4 is 10.7 Å². The van der Waals surface area contributed by atoms with Crippen molar-refractivity contribution in [2.45, 2.75) is 26.8 Å². The number of rotatable bonds is 8. The molecule has 0 radical (unpaired) electrons. The van der Waals surface area contributed by atoms with Gasteiger partial charge in [-0.3, -0.25) is 5.43 Å². The predicted octanol–water partition coefficient (Wildman–Crippen LogP) is 4.34. The second-order valence-corrected chi connectivity index (χ2v) is 7.52. The number of nitrogens with zero attached hydrogens (tertiary/aromatic N) is 1. The first-order valence-corrected chi connectivity index (χ1v) is 10.5. The highest BCUT2D eigenvalue weighted by Gasteiger charge is 2.21. The molecule has 7 nitrogen and oxygen atoms in total. The standard InChI is InChI=1S/C22H23ClN4O3S/c1-3-29-21(28)20-14(2)26-19(18(20)11-15-6-4-7-16(23)10-15)13-25-27-22(31)24-12-17-8-5-9-30-17/h4-10,13,26H,3,11-12H2,1-2H3,(H2,24,27,31)/b25-13-. The van der Waals surface area contributed by atoms with Gasteiger partial charge in [-0.25, -0.2) is 4.79 Å². The molecule has 0 spiro atoms. The van der Waals surface area contributed by atoms with Gasteiger partial charge in [0.1, 0.15) is 5.76 Å². The summed E-state index contributed by atoms with van der Waals surface area (Å²) in [5.74, 6) is 0.382. The topological polar surface area (TPSA) is 91.7 Å². The molecule has 162 valence electrons. The summed E-state index contributed by atoms with van der Waals surface area (Å²) in [5.41, 5.74) is 6.40. The van der Waals surface area contributed by atoms with Crippen LogP contribution in [0.4, 0.5) is 0 Å². The van der Waals surface area contributed by atoms with Crippen molar-refractivity contribution < 1.29 is 13.9 Å². The van der Waals surface area contributed by atoms with Gasteiger partial charge in [-0.2, -0.15) is 5.10 Å². The van der Waals surface area contributed by atoms with E-state index in [2.05, 4.69) is 20.8 Å². The normalized spacial score (nSPS) is 10.9. The number of aromatic nitrogens is 1. The fourth-order valence-electron chi connectivity index (χ4n) is 3.10. The van der Waals surface area contributed by atoms with Crippen LogP contribution in [0.3, 0.4) is 0 Å². The Hall–Kier alpha value is -3.10. The monoisotopic (exact) mass is 458 g/mol. The Kier molecular flexibility index (Phi) is 7.86. The number of furan rings is 1. The third kappa shape index (κ3) is 6.19. The van der Waals surface area contributed by atoms with Crippen molar-refractivity contribution in [3.05, 3.63) is 81.5 Å². The Morgan fingerprint density at radius 2 is 2.19 bits per heavy atom. The Balaban J connectivity index is 1.78. The highest BCUT2D eigenvalue weighted by molar-refractivity contribution is 7.80. The number of hydrazone groups is 1. The molecular weight excluding hydrogens is 436 g/mol. The number of hydrogen-bond acceptors (Lipinski definition) is 5. The van der Waals surface area contributed by atoms with Crippen molar-refractivity contribution in [1.29, 1.82) is 0 Å². The van der Waals surface area contributed by atoms with Crippen molar-refractivity contribution >= 4 is 41.1 Å². The van der Waals surface area contributed by atoms with Crippen LogP contribution in [-0.4, -0.2) is 28.9 Å². The second kappa shape index (κ2) is 10.8. The number of hydrogen-bond donors (Lipinski definition) is 3. The molecule has 0 saturated carbocycles. The molecule has 0 bridgehead atoms. The molecule has 0 unspecified atom stereocenters. The number of esters is 1. The summed E-state index contributed by atoms with van der Waals surface area (Å²) >= 11 is 11.4. The van der Waals surface area contributed by atoms with E-state index in [1.54, 1.807) is 19.4 Å². The van der Waals surface area contributed by atoms with E-state index in [9.17, 15) is 4.79 Å². The van der Waals surface area contributed by atoms with Gasteiger partial charge in [0.25, 0.3) is 0 Å². The number of aryl methyl sites for hydroxylation is 1. The zero-order chi connectivity index (χ0) is 22.2. The van der Waals surface area contributed by atoms with Crippen LogP contribution in [0.5, 0.6) is 0 Å². The maximum atomic E-state index is 12.6. The van der Waals surface area contributed by atoms with Crippen molar-refractivity contribution in [2.24, 2.45) is 5.10 Å². The number of aromatic amines is 1. The van der Waals surface area contributed by atoms with Gasteiger partial charge in [0, 0.05) is 17.1 Å². The zero-order valence-corrected chi connectivity index (χ0v) is 18.8. The van der Waals surface area contributed by atoms with Crippen LogP contribution in [0.25, 0.3) is 0 Å². The molecule has 2 heterocycles. The Bertz CT molecular complexity index is 1080. The Morgan fingerprint density at radius 1 is 1.35 bits per heavy atom. The number of H-pyrrole nitrogens is 1. The average molecular weight is 459 g/mol. The van der Waals surface area contributed by atoms with E-state index in [0.29, 0.717) is 46.7 Å². The quantitative estimate of drug-likeness (QED) is 0.201. The molecule has 3 N–H and O–H groups in total. The minimum absolute atomic E-state index is 0.292. The lowest BCUT2D eigenvalue weighted by Crippen LogP contribution is -2.31. The summed E-state index contributed by atoms with van der Waals surface area (Å²) in [6.45, 7) is 4.34. The lowest BCUT2D eigenvalue weighted by atomic mass is 10.0. The van der Waals surface area contributed by atoms with E-state index in [1.807, 2.05) is 43.3 Å². The average Bonchev–Trinajstić information content (AvgIpc) is 3.35. The van der Waals surface area contributed by atoms with Crippen molar-refractivity contribution in [2.75, 3.05) is 6.61 Å². The molecule has 0 aliphatic heterocycles. The van der Waals surface area contributed by atoms with Gasteiger partial charge in [0.05, 0.1) is 36.9 Å². The van der Waals surface area contributed by atoms with Crippen molar-refractivity contribution in [1.82, 2.24) is 15.7 Å². The van der Waals surface area contributed by atoms with Gasteiger partial charge >= 0.3 is 5.97 Å². The number of thiocarbonyl (C=S) groups is 1. The Morgan fingerprint density at radius 3 is 2.90 bits per heavy atom. The van der Waals surface area contributed by atoms with Crippen molar-refractivity contribution in [3.8, 4) is 0 Å². The fraction of sp³-hybridized carbons (Fsp3) is 0.227. The summed E-state index contributed by atoms with van der Waals surface area (Å²) in [4.78, 5) is 15.8. The summed E-state index contributed by atoms with van der Waals surface area (Å²) in [6.07, 6.45) is 3.68. The zero-order valence-electron chi connectivity index (χ0n) is 17.2. The molecule has 0 amide bonds. The maximum absolute atomic E-state index is 12.6. The van der Waals surface area contributed by atoms with Crippen LogP contribution >= 0.6 is 23.8 Å². The summed E-state index contributed by atoms with van der Waals surface area (Å²) in [7, 11) is 0. The number of carbonyl (C=O) groups excluding carboxylic acids is 1.